The Morgan fingerprint density at radius 2 is 0.569 bits per heavy atom. The van der Waals surface area contributed by atoms with Crippen molar-refractivity contribution in [2.75, 3.05) is 13.2 Å². The number of rotatable bonds is 56. The van der Waals surface area contributed by atoms with Crippen LogP contribution in [0.1, 0.15) is 310 Å². The van der Waals surface area contributed by atoms with E-state index in [4.69, 9.17) is 14.2 Å². The number of hydrogen-bond donors (Lipinski definition) is 0. The van der Waals surface area contributed by atoms with Gasteiger partial charge in [0, 0.05) is 19.3 Å². The van der Waals surface area contributed by atoms with Gasteiger partial charge in [0.15, 0.2) is 6.10 Å². The number of hydrogen-bond acceptors (Lipinski definition) is 6. The first-order valence-electron chi connectivity index (χ1n) is 30.9. The first-order chi connectivity index (χ1) is 35.5. The van der Waals surface area contributed by atoms with Crippen molar-refractivity contribution in [3.63, 3.8) is 0 Å². The van der Waals surface area contributed by atoms with Crippen LogP contribution in [0.4, 0.5) is 0 Å². The molecule has 0 aromatic carbocycles. The molecule has 0 fully saturated rings. The Bertz CT molecular complexity index is 1340. The summed E-state index contributed by atoms with van der Waals surface area (Å²) in [5.74, 6) is -0.878. The normalized spacial score (nSPS) is 12.5. The molecule has 0 aliphatic rings. The summed E-state index contributed by atoms with van der Waals surface area (Å²) in [5, 5.41) is 0. The average Bonchev–Trinajstić information content (AvgIpc) is 3.38. The van der Waals surface area contributed by atoms with E-state index in [1.165, 1.54) is 161 Å². The molecule has 0 spiro atoms. The van der Waals surface area contributed by atoms with E-state index >= 15 is 0 Å². The molecule has 0 radical (unpaired) electrons. The van der Waals surface area contributed by atoms with Gasteiger partial charge in [0.2, 0.25) is 0 Å². The van der Waals surface area contributed by atoms with Crippen LogP contribution < -0.4 is 0 Å². The molecule has 0 aromatic heterocycles. The zero-order valence-corrected chi connectivity index (χ0v) is 47.7. The Morgan fingerprint density at radius 1 is 0.292 bits per heavy atom. The highest BCUT2D eigenvalue weighted by Crippen LogP contribution is 2.17. The summed E-state index contributed by atoms with van der Waals surface area (Å²) in [6, 6.07) is 0. The number of carbonyl (C=O) groups excluding carboxylic acids is 3. The fraction of sp³-hybridized carbons (Fsp3) is 0.773. The quantitative estimate of drug-likeness (QED) is 0.0261. The molecule has 416 valence electrons. The number of esters is 3. The first kappa shape index (κ1) is 68.8. The van der Waals surface area contributed by atoms with E-state index < -0.39 is 6.10 Å². The van der Waals surface area contributed by atoms with Gasteiger partial charge in [0.05, 0.1) is 0 Å². The number of carbonyl (C=O) groups is 3. The Balaban J connectivity index is 4.22. The van der Waals surface area contributed by atoms with Gasteiger partial charge in [-0.15, -0.1) is 0 Å². The summed E-state index contributed by atoms with van der Waals surface area (Å²) in [7, 11) is 0. The summed E-state index contributed by atoms with van der Waals surface area (Å²) in [4.78, 5) is 38.2. The predicted molar refractivity (Wildman–Crippen MR) is 311 cm³/mol. The molecule has 0 amide bonds. The smallest absolute Gasteiger partial charge is 0.306 e. The molecule has 0 N–H and O–H groups in total. The molecule has 0 saturated heterocycles. The van der Waals surface area contributed by atoms with Crippen molar-refractivity contribution in [3.8, 4) is 0 Å². The Kier molecular flexibility index (Phi) is 57.8. The van der Waals surface area contributed by atoms with E-state index in [0.29, 0.717) is 19.3 Å². The highest BCUT2D eigenvalue weighted by atomic mass is 16.6. The summed E-state index contributed by atoms with van der Waals surface area (Å²) in [6.07, 6.45) is 77.6. The SMILES string of the molecule is CC/C=C\C/C=C\C/C=C\C/C=C\CCCCCCCCCCCCCCCCC(=O)OCC(COC(=O)CCCCCCC/C=C\C/C=C\CCC)OC(=O)CCCCCCCCCCCCCCCC. The van der Waals surface area contributed by atoms with Gasteiger partial charge in [-0.05, 0) is 83.5 Å². The van der Waals surface area contributed by atoms with Crippen molar-refractivity contribution < 1.29 is 28.6 Å². The van der Waals surface area contributed by atoms with Crippen molar-refractivity contribution in [3.05, 3.63) is 72.9 Å². The minimum atomic E-state index is -0.778. The summed E-state index contributed by atoms with van der Waals surface area (Å²) < 4.78 is 16.9. The maximum absolute atomic E-state index is 12.9. The van der Waals surface area contributed by atoms with Gasteiger partial charge in [-0.25, -0.2) is 0 Å². The molecule has 0 saturated carbocycles. The molecular weight excluding hydrogens is 889 g/mol. The number of unbranched alkanes of at least 4 members (excludes halogenated alkanes) is 33. The number of ether oxygens (including phenoxy) is 3. The monoisotopic (exact) mass is 1000 g/mol. The lowest BCUT2D eigenvalue weighted by Crippen LogP contribution is -2.30. The minimum absolute atomic E-state index is 0.0766. The second-order valence-electron chi connectivity index (χ2n) is 20.6. The highest BCUT2D eigenvalue weighted by Gasteiger charge is 2.19. The molecule has 0 aliphatic heterocycles. The summed E-state index contributed by atoms with van der Waals surface area (Å²) >= 11 is 0. The van der Waals surface area contributed by atoms with Gasteiger partial charge in [0.25, 0.3) is 0 Å². The van der Waals surface area contributed by atoms with E-state index in [-0.39, 0.29) is 31.1 Å². The summed E-state index contributed by atoms with van der Waals surface area (Å²) in [6.45, 7) is 6.48. The van der Waals surface area contributed by atoms with Gasteiger partial charge in [-0.1, -0.05) is 280 Å². The predicted octanol–water partition coefficient (Wildman–Crippen LogP) is 20.9. The standard InChI is InChI=1S/C66H116O6/c1-4-7-10-13-16-19-22-25-27-28-29-30-31-32-33-34-35-36-37-38-39-42-44-47-50-53-56-59-65(68)71-62-63(61-70-64(67)58-55-52-49-46-43-40-24-21-18-15-12-9-6-3)72-66(69)60-57-54-51-48-45-41-26-23-20-17-14-11-8-5-2/h7,10,12,15-16,19,21,24-25,27,29-30,63H,4-6,8-9,11,13-14,17-18,20,22-23,26,28,31-62H2,1-3H3/b10-7-,15-12-,19-16-,24-21-,27-25-,30-29-. The second kappa shape index (κ2) is 60.4. The Morgan fingerprint density at radius 3 is 0.903 bits per heavy atom. The molecule has 0 heterocycles. The largest absolute Gasteiger partial charge is 0.462 e. The van der Waals surface area contributed by atoms with Crippen LogP contribution in [0.5, 0.6) is 0 Å². The van der Waals surface area contributed by atoms with E-state index in [0.717, 1.165) is 109 Å². The molecule has 1 unspecified atom stereocenters. The maximum Gasteiger partial charge on any atom is 0.306 e. The van der Waals surface area contributed by atoms with Crippen LogP contribution in [0.3, 0.4) is 0 Å². The molecule has 72 heavy (non-hydrogen) atoms. The van der Waals surface area contributed by atoms with Gasteiger partial charge in [-0.3, -0.25) is 14.4 Å². The fourth-order valence-corrected chi connectivity index (χ4v) is 8.83. The summed E-state index contributed by atoms with van der Waals surface area (Å²) in [5.41, 5.74) is 0. The van der Waals surface area contributed by atoms with E-state index in [2.05, 4.69) is 93.7 Å². The Hall–Kier alpha value is -3.15. The Labute approximate surface area is 446 Å². The van der Waals surface area contributed by atoms with Crippen LogP contribution in [0.25, 0.3) is 0 Å². The van der Waals surface area contributed by atoms with Crippen LogP contribution in [-0.4, -0.2) is 37.2 Å². The lowest BCUT2D eigenvalue weighted by Gasteiger charge is -2.18. The second-order valence-corrected chi connectivity index (χ2v) is 20.6. The zero-order valence-electron chi connectivity index (χ0n) is 47.7. The van der Waals surface area contributed by atoms with Crippen LogP contribution in [0, 0.1) is 0 Å². The average molecular weight is 1010 g/mol. The van der Waals surface area contributed by atoms with Crippen LogP contribution in [-0.2, 0) is 28.6 Å². The third-order valence-corrected chi connectivity index (χ3v) is 13.4. The number of allylic oxidation sites excluding steroid dienone is 12. The molecule has 0 rings (SSSR count). The van der Waals surface area contributed by atoms with E-state index in [1.807, 2.05) is 0 Å². The molecule has 6 heteroatoms. The van der Waals surface area contributed by atoms with Crippen molar-refractivity contribution in [1.82, 2.24) is 0 Å². The third kappa shape index (κ3) is 57.7. The van der Waals surface area contributed by atoms with Crippen molar-refractivity contribution in [1.29, 1.82) is 0 Å². The molecule has 0 bridgehead atoms. The minimum Gasteiger partial charge on any atom is -0.462 e. The topological polar surface area (TPSA) is 78.9 Å². The molecule has 0 aliphatic carbocycles. The molecule has 1 atom stereocenters. The van der Waals surface area contributed by atoms with Crippen LogP contribution in [0.2, 0.25) is 0 Å². The van der Waals surface area contributed by atoms with Gasteiger partial charge in [-0.2, -0.15) is 0 Å². The zero-order chi connectivity index (χ0) is 52.2. The molecular formula is C66H116O6. The highest BCUT2D eigenvalue weighted by molar-refractivity contribution is 5.71. The van der Waals surface area contributed by atoms with E-state index in [9.17, 15) is 14.4 Å². The molecule has 0 aromatic rings. The van der Waals surface area contributed by atoms with Gasteiger partial charge < -0.3 is 14.2 Å². The fourth-order valence-electron chi connectivity index (χ4n) is 8.83. The van der Waals surface area contributed by atoms with Gasteiger partial charge in [0.1, 0.15) is 13.2 Å². The molecule has 6 nitrogen and oxygen atoms in total. The lowest BCUT2D eigenvalue weighted by atomic mass is 10.0. The van der Waals surface area contributed by atoms with Crippen molar-refractivity contribution >= 4 is 17.9 Å². The maximum atomic E-state index is 12.9. The van der Waals surface area contributed by atoms with Crippen molar-refractivity contribution in [2.45, 2.75) is 316 Å². The lowest BCUT2D eigenvalue weighted by molar-refractivity contribution is -0.167. The van der Waals surface area contributed by atoms with Crippen LogP contribution >= 0.6 is 0 Å². The van der Waals surface area contributed by atoms with Crippen LogP contribution in [0.15, 0.2) is 72.9 Å². The van der Waals surface area contributed by atoms with E-state index in [1.54, 1.807) is 0 Å². The third-order valence-electron chi connectivity index (χ3n) is 13.4. The van der Waals surface area contributed by atoms with Gasteiger partial charge >= 0.3 is 17.9 Å². The first-order valence-corrected chi connectivity index (χ1v) is 30.9. The van der Waals surface area contributed by atoms with Crippen molar-refractivity contribution in [2.24, 2.45) is 0 Å².